The van der Waals surface area contributed by atoms with Crippen molar-refractivity contribution in [2.75, 3.05) is 18.4 Å². The Labute approximate surface area is 190 Å². The summed E-state index contributed by atoms with van der Waals surface area (Å²) in [5, 5.41) is 14.6. The molecule has 1 aromatic rings. The van der Waals surface area contributed by atoms with Gasteiger partial charge in [0.05, 0.1) is 11.7 Å². The Hall–Kier alpha value is -2.05. The maximum Gasteiger partial charge on any atom is 1.00 e. The van der Waals surface area contributed by atoms with Crippen LogP contribution in [0.25, 0.3) is 0 Å². The minimum absolute atomic E-state index is 0. The molecule has 164 valence electrons. The van der Waals surface area contributed by atoms with E-state index < -0.39 is 35.2 Å². The van der Waals surface area contributed by atoms with Crippen LogP contribution in [0.3, 0.4) is 0 Å². The third-order valence-corrected chi connectivity index (χ3v) is 6.09. The van der Waals surface area contributed by atoms with Crippen molar-refractivity contribution in [2.24, 2.45) is 11.8 Å². The molecule has 3 fully saturated rings. The number of carboxylic acids is 1. The van der Waals surface area contributed by atoms with Crippen LogP contribution in [0.4, 0.5) is 19.3 Å². The molecule has 2 heterocycles. The van der Waals surface area contributed by atoms with Gasteiger partial charge in [-0.1, -0.05) is 0 Å². The Bertz CT molecular complexity index is 945. The van der Waals surface area contributed by atoms with Gasteiger partial charge in [-0.25, -0.2) is 13.6 Å². The van der Waals surface area contributed by atoms with Crippen LogP contribution in [0, 0.1) is 11.8 Å². The van der Waals surface area contributed by atoms with E-state index >= 15 is 0 Å². The minimum Gasteiger partial charge on any atom is -0.545 e. The van der Waals surface area contributed by atoms with E-state index in [1.165, 1.54) is 0 Å². The van der Waals surface area contributed by atoms with Crippen LogP contribution in [0.1, 0.15) is 44.0 Å². The largest absolute Gasteiger partial charge is 1.00 e. The van der Waals surface area contributed by atoms with Gasteiger partial charge in [0.1, 0.15) is 11.1 Å². The molecule has 31 heavy (non-hydrogen) atoms. The van der Waals surface area contributed by atoms with Gasteiger partial charge < -0.3 is 29.4 Å². The number of likely N-dealkylation sites (tertiary alicyclic amines) is 1. The fourth-order valence-corrected chi connectivity index (χ4v) is 4.25. The first-order valence-electron chi connectivity index (χ1n) is 9.94. The van der Waals surface area contributed by atoms with Crippen molar-refractivity contribution in [3.8, 4) is 0 Å². The van der Waals surface area contributed by atoms with Crippen LogP contribution in [0.5, 0.6) is 0 Å². The summed E-state index contributed by atoms with van der Waals surface area (Å²) in [6, 6.07) is 0.940. The number of rotatable bonds is 5. The molecule has 2 atom stereocenters. The van der Waals surface area contributed by atoms with Crippen molar-refractivity contribution in [3.05, 3.63) is 28.2 Å². The number of hydrogen-bond acceptors (Lipinski definition) is 6. The molecule has 1 saturated heterocycles. The predicted octanol–water partition coefficient (Wildman–Crippen LogP) is -1.75. The number of nitrogens with one attached hydrogen (secondary N) is 1. The zero-order chi connectivity index (χ0) is 22.0. The van der Waals surface area contributed by atoms with Crippen molar-refractivity contribution in [2.45, 2.75) is 57.2 Å². The number of carbonyl (C=O) groups is 2. The Balaban J connectivity index is 0.00000272. The first kappa shape index (κ1) is 23.6. The maximum atomic E-state index is 13.4. The number of anilines is 1. The summed E-state index contributed by atoms with van der Waals surface area (Å²) in [5.41, 5.74) is -3.16. The number of nitrogens with zero attached hydrogens (tertiary/aromatic N) is 2. The fourth-order valence-electron chi connectivity index (χ4n) is 4.25. The number of fused-ring (bicyclic) bond motifs is 1. The van der Waals surface area contributed by atoms with Crippen LogP contribution >= 0.6 is 0 Å². The molecule has 0 spiro atoms. The number of alkyl halides is 2. The molecule has 1 aromatic heterocycles. The second-order valence-electron chi connectivity index (χ2n) is 9.38. The van der Waals surface area contributed by atoms with Gasteiger partial charge in [0, 0.05) is 48.8 Å². The normalized spacial score (nSPS) is 25.5. The van der Waals surface area contributed by atoms with Gasteiger partial charge in [0.2, 0.25) is 0 Å². The Kier molecular flexibility index (Phi) is 5.95. The second kappa shape index (κ2) is 7.82. The van der Waals surface area contributed by atoms with Gasteiger partial charge in [0.25, 0.3) is 12.0 Å². The number of hydrogen-bond donors (Lipinski definition) is 1. The summed E-state index contributed by atoms with van der Waals surface area (Å²) < 4.78 is 32.9. The van der Waals surface area contributed by atoms with Gasteiger partial charge in [0.15, 0.2) is 0 Å². The van der Waals surface area contributed by atoms with Crippen molar-refractivity contribution in [1.82, 2.24) is 9.47 Å². The summed E-state index contributed by atoms with van der Waals surface area (Å²) in [7, 11) is 0. The molecule has 2 saturated carbocycles. The molecule has 2 unspecified atom stereocenters. The zero-order valence-corrected chi connectivity index (χ0v) is 18.0. The molecule has 1 aliphatic heterocycles. The molecule has 1 N–H and O–H groups in total. The summed E-state index contributed by atoms with van der Waals surface area (Å²) in [6.07, 6.45) is -1.95. The zero-order valence-electron chi connectivity index (χ0n) is 18.0. The summed E-state index contributed by atoms with van der Waals surface area (Å²) >= 11 is 0. The number of ether oxygens (including phenoxy) is 1. The van der Waals surface area contributed by atoms with E-state index in [2.05, 4.69) is 5.32 Å². The predicted molar refractivity (Wildman–Crippen MR) is 100 cm³/mol. The van der Waals surface area contributed by atoms with Crippen molar-refractivity contribution in [3.63, 3.8) is 0 Å². The number of aromatic carboxylic acids is 1. The van der Waals surface area contributed by atoms with Gasteiger partial charge in [-0.3, -0.25) is 4.79 Å². The Morgan fingerprint density at radius 2 is 1.84 bits per heavy atom. The smallest absolute Gasteiger partial charge is 0.545 e. The van der Waals surface area contributed by atoms with E-state index in [4.69, 9.17) is 4.74 Å². The number of pyridine rings is 1. The van der Waals surface area contributed by atoms with Crippen LogP contribution in [0.2, 0.25) is 0 Å². The molecule has 0 aromatic carbocycles. The van der Waals surface area contributed by atoms with Gasteiger partial charge in [-0.05, 0) is 33.6 Å². The van der Waals surface area contributed by atoms with E-state index in [-0.39, 0.29) is 60.8 Å². The second-order valence-corrected chi connectivity index (χ2v) is 9.38. The summed E-state index contributed by atoms with van der Waals surface area (Å²) in [5.74, 6) is -1.34. The van der Waals surface area contributed by atoms with E-state index in [0.717, 1.165) is 16.8 Å². The van der Waals surface area contributed by atoms with Gasteiger partial charge >= 0.3 is 25.0 Å². The molecule has 0 radical (unpaired) electrons. The van der Waals surface area contributed by atoms with Crippen LogP contribution in [0.15, 0.2) is 17.1 Å². The van der Waals surface area contributed by atoms with E-state index in [1.54, 1.807) is 25.7 Å². The third-order valence-electron chi connectivity index (χ3n) is 6.09. The first-order chi connectivity index (χ1) is 13.9. The van der Waals surface area contributed by atoms with Gasteiger partial charge in [-0.15, -0.1) is 0 Å². The Morgan fingerprint density at radius 3 is 2.29 bits per heavy atom. The number of aromatic nitrogens is 1. The van der Waals surface area contributed by atoms with E-state index in [1.807, 2.05) is 0 Å². The molecular weight excluding hydrogens is 407 g/mol. The van der Waals surface area contributed by atoms with Crippen LogP contribution < -0.4 is 34.8 Å². The number of amides is 1. The molecule has 2 aliphatic carbocycles. The number of carboxylic acid groups (broad SMARTS) is 1. The Morgan fingerprint density at radius 1 is 1.26 bits per heavy atom. The van der Waals surface area contributed by atoms with Crippen molar-refractivity contribution < 1.29 is 47.1 Å². The first-order valence-corrected chi connectivity index (χ1v) is 9.94. The topological polar surface area (TPSA) is 104 Å². The maximum absolute atomic E-state index is 13.4. The van der Waals surface area contributed by atoms with Gasteiger partial charge in [-0.2, -0.15) is 0 Å². The average Bonchev–Trinajstić information content (AvgIpc) is 3.49. The SMILES string of the molecule is CC(C)(C)OC(=O)N1CC2C(C1)C2Nc1cc(=O)n(C2(C(F)F)CC2)cc1C(=O)[O-].[Li+]. The number of piperidine rings is 1. The van der Waals surface area contributed by atoms with Crippen molar-refractivity contribution >= 4 is 17.7 Å². The molecule has 11 heteroatoms. The molecular formula is C20H24F2LiN3O5. The van der Waals surface area contributed by atoms with Crippen LogP contribution in [-0.4, -0.2) is 52.7 Å². The van der Waals surface area contributed by atoms with E-state index in [9.17, 15) is 28.3 Å². The van der Waals surface area contributed by atoms with E-state index in [0.29, 0.717) is 13.1 Å². The fraction of sp³-hybridized carbons (Fsp3) is 0.650. The summed E-state index contributed by atoms with van der Waals surface area (Å²) in [6.45, 7) is 6.29. The number of halogens is 2. The standard InChI is InChI=1S/C20H25F2N3O5.Li/c1-19(2,3)30-18(29)24-7-10-11(8-24)15(10)23-13-6-14(26)25(9-12(13)16(27)28)20(4-5-20)17(21)22;/h6,9-11,15,17,23H,4-5,7-8H2,1-3H3,(H,27,28);/q;+1/p-1. The average molecular weight is 431 g/mol. The number of carbonyl (C=O) groups excluding carboxylic acids is 2. The quantitative estimate of drug-likeness (QED) is 0.555. The monoisotopic (exact) mass is 431 g/mol. The third kappa shape index (κ3) is 4.33. The minimum atomic E-state index is -2.76. The molecule has 8 nitrogen and oxygen atoms in total. The summed E-state index contributed by atoms with van der Waals surface area (Å²) in [4.78, 5) is 37.8. The van der Waals surface area contributed by atoms with Crippen LogP contribution in [-0.2, 0) is 10.3 Å². The molecule has 3 aliphatic rings. The van der Waals surface area contributed by atoms with Crippen molar-refractivity contribution in [1.29, 1.82) is 0 Å². The molecule has 1 amide bonds. The molecule has 0 bridgehead atoms. The molecule has 4 rings (SSSR count).